The molecule has 1 aliphatic heterocycles. The number of carbonyl (C=O) groups excluding carboxylic acids is 1. The van der Waals surface area contributed by atoms with Gasteiger partial charge in [-0.3, -0.25) is 13.6 Å². The largest absolute Gasteiger partial charge is 0.474 e. The average molecular weight is 300 g/mol. The molecule has 0 saturated carbocycles. The molecule has 1 aliphatic rings. The molecule has 112 valence electrons. The highest BCUT2D eigenvalue weighted by Crippen LogP contribution is 2.47. The number of aliphatic hydroxyl groups is 3. The molecule has 0 bridgehead atoms. The molecular formula is C9H17O9P. The summed E-state index contributed by atoms with van der Waals surface area (Å²) in [5.41, 5.74) is 0. The summed E-state index contributed by atoms with van der Waals surface area (Å²) in [6, 6.07) is 0. The second kappa shape index (κ2) is 6.87. The Hall–Kier alpha value is -0.380. The van der Waals surface area contributed by atoms with Gasteiger partial charge in [0, 0.05) is 14.2 Å². The Morgan fingerprint density at radius 1 is 1.16 bits per heavy atom. The van der Waals surface area contributed by atoms with Gasteiger partial charge in [-0.25, -0.2) is 4.57 Å². The van der Waals surface area contributed by atoms with Crippen molar-refractivity contribution in [3.05, 3.63) is 0 Å². The molecule has 0 aromatic rings. The van der Waals surface area contributed by atoms with Crippen LogP contribution in [-0.2, 0) is 27.7 Å². The molecule has 0 radical (unpaired) electrons. The monoisotopic (exact) mass is 300 g/mol. The lowest BCUT2D eigenvalue weighted by molar-refractivity contribution is -0.220. The number of phosphoric ester groups is 1. The summed E-state index contributed by atoms with van der Waals surface area (Å²) >= 11 is 0. The smallest absolute Gasteiger partial charge is 0.388 e. The highest BCUT2D eigenvalue weighted by molar-refractivity contribution is 7.48. The number of carbonyl (C=O) groups is 1. The zero-order valence-corrected chi connectivity index (χ0v) is 11.3. The topological polar surface area (TPSA) is 132 Å². The Bertz CT molecular complexity index is 341. The van der Waals surface area contributed by atoms with Crippen molar-refractivity contribution in [1.29, 1.82) is 0 Å². The fraction of sp³-hybridized carbons (Fsp3) is 0.889. The normalized spacial score (nSPS) is 36.2. The van der Waals surface area contributed by atoms with Gasteiger partial charge in [-0.05, 0) is 0 Å². The molecule has 10 heteroatoms. The van der Waals surface area contributed by atoms with Crippen LogP contribution in [0.15, 0.2) is 0 Å². The van der Waals surface area contributed by atoms with E-state index in [0.717, 1.165) is 14.2 Å². The van der Waals surface area contributed by atoms with Crippen LogP contribution in [0.2, 0.25) is 0 Å². The maximum absolute atomic E-state index is 11.6. The molecule has 0 aliphatic carbocycles. The molecule has 1 rings (SSSR count). The summed E-state index contributed by atoms with van der Waals surface area (Å²) in [5.74, 6) is 0. The third-order valence-electron chi connectivity index (χ3n) is 2.73. The minimum absolute atomic E-state index is 0.291. The van der Waals surface area contributed by atoms with Crippen molar-refractivity contribution in [2.24, 2.45) is 0 Å². The molecule has 19 heavy (non-hydrogen) atoms. The van der Waals surface area contributed by atoms with E-state index in [1.54, 1.807) is 0 Å². The summed E-state index contributed by atoms with van der Waals surface area (Å²) in [7, 11) is -1.55. The maximum atomic E-state index is 11.6. The number of hydrogen-bond donors (Lipinski definition) is 3. The number of ether oxygens (including phenoxy) is 1. The quantitative estimate of drug-likeness (QED) is 0.394. The van der Waals surface area contributed by atoms with Gasteiger partial charge in [-0.15, -0.1) is 0 Å². The van der Waals surface area contributed by atoms with Gasteiger partial charge in [0.1, 0.15) is 30.5 Å². The minimum Gasteiger partial charge on any atom is -0.388 e. The molecular weight excluding hydrogens is 283 g/mol. The molecule has 0 aromatic heterocycles. The molecule has 1 saturated heterocycles. The maximum Gasteiger partial charge on any atom is 0.474 e. The van der Waals surface area contributed by atoms with Crippen LogP contribution in [0.4, 0.5) is 0 Å². The fourth-order valence-electron chi connectivity index (χ4n) is 1.57. The lowest BCUT2D eigenvalue weighted by Gasteiger charge is -2.38. The third kappa shape index (κ3) is 3.80. The number of aldehydes is 1. The van der Waals surface area contributed by atoms with Crippen LogP contribution in [0.25, 0.3) is 0 Å². The zero-order valence-electron chi connectivity index (χ0n) is 10.4. The molecule has 0 amide bonds. The van der Waals surface area contributed by atoms with Crippen LogP contribution in [0.1, 0.15) is 0 Å². The van der Waals surface area contributed by atoms with Gasteiger partial charge < -0.3 is 24.9 Å². The number of aliphatic hydroxyl groups excluding tert-OH is 3. The van der Waals surface area contributed by atoms with Crippen LogP contribution in [0.3, 0.4) is 0 Å². The number of rotatable bonds is 6. The first-order valence-corrected chi connectivity index (χ1v) is 6.85. The van der Waals surface area contributed by atoms with E-state index >= 15 is 0 Å². The van der Waals surface area contributed by atoms with Crippen molar-refractivity contribution in [3.63, 3.8) is 0 Å². The first-order valence-electron chi connectivity index (χ1n) is 5.39. The molecule has 0 spiro atoms. The molecule has 0 aromatic carbocycles. The Morgan fingerprint density at radius 3 is 2.21 bits per heavy atom. The van der Waals surface area contributed by atoms with Gasteiger partial charge >= 0.3 is 7.82 Å². The van der Waals surface area contributed by atoms with Crippen molar-refractivity contribution in [2.45, 2.75) is 30.5 Å². The van der Waals surface area contributed by atoms with Crippen molar-refractivity contribution < 1.29 is 43.0 Å². The Balaban J connectivity index is 2.67. The van der Waals surface area contributed by atoms with E-state index in [0.29, 0.717) is 6.29 Å². The third-order valence-corrected chi connectivity index (χ3v) is 4.09. The predicted molar refractivity (Wildman–Crippen MR) is 60.3 cm³/mol. The van der Waals surface area contributed by atoms with Gasteiger partial charge in [0.05, 0.1) is 6.61 Å². The van der Waals surface area contributed by atoms with Crippen molar-refractivity contribution >= 4 is 14.1 Å². The van der Waals surface area contributed by atoms with E-state index in [4.69, 9.17) is 9.26 Å². The number of phosphoric acid groups is 1. The number of hydrogen-bond acceptors (Lipinski definition) is 9. The van der Waals surface area contributed by atoms with E-state index in [1.807, 2.05) is 0 Å². The van der Waals surface area contributed by atoms with Gasteiger partial charge in [0.15, 0.2) is 6.29 Å². The van der Waals surface area contributed by atoms with Crippen LogP contribution < -0.4 is 0 Å². The lowest BCUT2D eigenvalue weighted by atomic mass is 9.96. The molecule has 1 fully saturated rings. The molecule has 3 N–H and O–H groups in total. The highest BCUT2D eigenvalue weighted by Gasteiger charge is 2.44. The first kappa shape index (κ1) is 16.7. The molecule has 9 nitrogen and oxygen atoms in total. The summed E-state index contributed by atoms with van der Waals surface area (Å²) < 4.78 is 30.5. The second-order valence-electron chi connectivity index (χ2n) is 3.86. The van der Waals surface area contributed by atoms with E-state index in [2.05, 4.69) is 9.05 Å². The van der Waals surface area contributed by atoms with Crippen LogP contribution >= 0.6 is 7.82 Å². The van der Waals surface area contributed by atoms with Gasteiger partial charge in [-0.2, -0.15) is 0 Å². The second-order valence-corrected chi connectivity index (χ2v) is 5.74. The van der Waals surface area contributed by atoms with Crippen molar-refractivity contribution in [1.82, 2.24) is 0 Å². The zero-order chi connectivity index (χ0) is 14.6. The molecule has 2 unspecified atom stereocenters. The van der Waals surface area contributed by atoms with E-state index in [1.165, 1.54) is 0 Å². The van der Waals surface area contributed by atoms with Crippen molar-refractivity contribution in [2.75, 3.05) is 20.8 Å². The average Bonchev–Trinajstić information content (AvgIpc) is 2.43. The summed E-state index contributed by atoms with van der Waals surface area (Å²) in [6.45, 7) is -0.450. The Morgan fingerprint density at radius 2 is 1.74 bits per heavy atom. The summed E-state index contributed by atoms with van der Waals surface area (Å²) in [4.78, 5) is 10.7. The summed E-state index contributed by atoms with van der Waals surface area (Å²) in [5, 5.41) is 28.6. The van der Waals surface area contributed by atoms with Gasteiger partial charge in [0.2, 0.25) is 0 Å². The SMILES string of the molecule is COP(=O)(OC)OCC1O[C@@H](C=O)C(O)[C@@H](O)[C@@H]1O. The van der Waals surface area contributed by atoms with E-state index in [9.17, 15) is 24.7 Å². The fourth-order valence-corrected chi connectivity index (χ4v) is 2.26. The lowest BCUT2D eigenvalue weighted by Crippen LogP contribution is -2.59. The van der Waals surface area contributed by atoms with Gasteiger partial charge in [-0.1, -0.05) is 0 Å². The standard InChI is InChI=1S/C9H17O9P/c1-15-19(14,16-2)17-4-6-8(12)9(13)7(11)5(3-10)18-6/h3,5-9,11-13H,4H2,1-2H3/t5-,6?,7?,8+,9+/m0/s1. The first-order chi connectivity index (χ1) is 8.88. The molecule has 1 heterocycles. The van der Waals surface area contributed by atoms with Crippen LogP contribution in [-0.4, -0.2) is 73.0 Å². The van der Waals surface area contributed by atoms with E-state index in [-0.39, 0.29) is 0 Å². The minimum atomic E-state index is -3.76. The Kier molecular flexibility index (Phi) is 6.03. The highest BCUT2D eigenvalue weighted by atomic mass is 31.2. The van der Waals surface area contributed by atoms with E-state index < -0.39 is 44.9 Å². The predicted octanol–water partition coefficient (Wildman–Crippen LogP) is -1.55. The van der Waals surface area contributed by atoms with Crippen molar-refractivity contribution in [3.8, 4) is 0 Å². The molecule has 5 atom stereocenters. The Labute approximate surface area is 109 Å². The summed E-state index contributed by atoms with van der Waals surface area (Å²) in [6.07, 6.45) is -6.81. The van der Waals surface area contributed by atoms with Gasteiger partial charge in [0.25, 0.3) is 0 Å². The van der Waals surface area contributed by atoms with Crippen LogP contribution in [0, 0.1) is 0 Å². The van der Waals surface area contributed by atoms with Crippen LogP contribution in [0.5, 0.6) is 0 Å².